The third-order valence-corrected chi connectivity index (χ3v) is 3.11. The molecule has 0 saturated carbocycles. The summed E-state index contributed by atoms with van der Waals surface area (Å²) in [7, 11) is 0. The zero-order valence-electron chi connectivity index (χ0n) is 10.8. The van der Waals surface area contributed by atoms with Gasteiger partial charge < -0.3 is 9.63 Å². The first-order chi connectivity index (χ1) is 9.38. The van der Waals surface area contributed by atoms with Gasteiger partial charge in [0.15, 0.2) is 0 Å². The monoisotopic (exact) mass is 285 g/mol. The van der Waals surface area contributed by atoms with Gasteiger partial charge in [0.1, 0.15) is 6.26 Å². The van der Waals surface area contributed by atoms with Crippen LogP contribution in [0.4, 0.5) is 13.2 Å². The third-order valence-electron chi connectivity index (χ3n) is 3.11. The molecule has 0 fully saturated rings. The van der Waals surface area contributed by atoms with Gasteiger partial charge in [0.05, 0.1) is 17.4 Å². The van der Waals surface area contributed by atoms with Crippen molar-refractivity contribution < 1.29 is 22.8 Å². The van der Waals surface area contributed by atoms with Crippen LogP contribution in [0.3, 0.4) is 0 Å². The SMILES string of the molecule is Cc1nocc1C(O)CCc1cccc(C(F)(F)F)c1. The highest BCUT2D eigenvalue weighted by molar-refractivity contribution is 5.26. The van der Waals surface area contributed by atoms with Crippen molar-refractivity contribution in [1.82, 2.24) is 5.16 Å². The molecule has 0 aliphatic rings. The normalized spacial score (nSPS) is 13.4. The summed E-state index contributed by atoms with van der Waals surface area (Å²) in [6.45, 7) is 1.70. The second kappa shape index (κ2) is 5.66. The molecule has 2 rings (SSSR count). The van der Waals surface area contributed by atoms with Crippen molar-refractivity contribution >= 4 is 0 Å². The summed E-state index contributed by atoms with van der Waals surface area (Å²) < 4.78 is 42.4. The van der Waals surface area contributed by atoms with Crippen molar-refractivity contribution in [3.63, 3.8) is 0 Å². The fourth-order valence-electron chi connectivity index (χ4n) is 1.98. The molecule has 0 aliphatic carbocycles. The Morgan fingerprint density at radius 3 is 2.70 bits per heavy atom. The Hall–Kier alpha value is -1.82. The molecule has 6 heteroatoms. The largest absolute Gasteiger partial charge is 0.416 e. The predicted octanol–water partition coefficient (Wildman–Crippen LogP) is 3.67. The van der Waals surface area contributed by atoms with Crippen molar-refractivity contribution in [3.05, 3.63) is 52.9 Å². The van der Waals surface area contributed by atoms with E-state index in [-0.39, 0.29) is 0 Å². The summed E-state index contributed by atoms with van der Waals surface area (Å²) in [5.74, 6) is 0. The quantitative estimate of drug-likeness (QED) is 0.932. The average Bonchev–Trinajstić information content (AvgIpc) is 2.82. The van der Waals surface area contributed by atoms with Crippen molar-refractivity contribution in [2.45, 2.75) is 32.0 Å². The first-order valence-corrected chi connectivity index (χ1v) is 6.13. The lowest BCUT2D eigenvalue weighted by atomic mass is 10.0. The van der Waals surface area contributed by atoms with Crippen molar-refractivity contribution in [1.29, 1.82) is 0 Å². The maximum absolute atomic E-state index is 12.6. The number of halogens is 3. The summed E-state index contributed by atoms with van der Waals surface area (Å²) in [5, 5.41) is 13.6. The number of aliphatic hydroxyl groups excluding tert-OH is 1. The Morgan fingerprint density at radius 1 is 1.35 bits per heavy atom. The van der Waals surface area contributed by atoms with Crippen LogP contribution >= 0.6 is 0 Å². The zero-order chi connectivity index (χ0) is 14.8. The summed E-state index contributed by atoms with van der Waals surface area (Å²) in [5.41, 5.74) is 1.01. The summed E-state index contributed by atoms with van der Waals surface area (Å²) in [6, 6.07) is 5.12. The second-order valence-corrected chi connectivity index (χ2v) is 4.61. The molecule has 1 atom stereocenters. The number of aryl methyl sites for hydroxylation is 2. The van der Waals surface area contributed by atoms with Crippen LogP contribution in [-0.2, 0) is 12.6 Å². The molecule has 0 aliphatic heterocycles. The highest BCUT2D eigenvalue weighted by Crippen LogP contribution is 2.30. The van der Waals surface area contributed by atoms with Gasteiger partial charge in [-0.05, 0) is 31.4 Å². The number of benzene rings is 1. The van der Waals surface area contributed by atoms with E-state index in [0.29, 0.717) is 29.7 Å². The molecule has 1 N–H and O–H groups in total. The number of aliphatic hydroxyl groups is 1. The van der Waals surface area contributed by atoms with E-state index < -0.39 is 17.8 Å². The van der Waals surface area contributed by atoms with Crippen molar-refractivity contribution in [3.8, 4) is 0 Å². The number of hydrogen-bond acceptors (Lipinski definition) is 3. The minimum absolute atomic E-state index is 0.309. The molecule has 1 heterocycles. The Balaban J connectivity index is 2.03. The van der Waals surface area contributed by atoms with Crippen LogP contribution < -0.4 is 0 Å². The van der Waals surface area contributed by atoms with Crippen LogP contribution in [0, 0.1) is 6.92 Å². The van der Waals surface area contributed by atoms with Gasteiger partial charge in [-0.3, -0.25) is 0 Å². The molecule has 0 saturated heterocycles. The van der Waals surface area contributed by atoms with Crippen LogP contribution in [0.5, 0.6) is 0 Å². The molecular weight excluding hydrogens is 271 g/mol. The van der Waals surface area contributed by atoms with E-state index in [9.17, 15) is 18.3 Å². The standard InChI is InChI=1S/C14H14F3NO2/c1-9-12(8-20-18-9)13(19)6-5-10-3-2-4-11(7-10)14(15,16)17/h2-4,7-8,13,19H,5-6H2,1H3. The van der Waals surface area contributed by atoms with Gasteiger partial charge in [0, 0.05) is 5.56 Å². The fourth-order valence-corrected chi connectivity index (χ4v) is 1.98. The van der Waals surface area contributed by atoms with Gasteiger partial charge in [-0.1, -0.05) is 23.4 Å². The van der Waals surface area contributed by atoms with E-state index >= 15 is 0 Å². The van der Waals surface area contributed by atoms with Crippen LogP contribution in [-0.4, -0.2) is 10.3 Å². The molecule has 3 nitrogen and oxygen atoms in total. The highest BCUT2D eigenvalue weighted by Gasteiger charge is 2.30. The molecule has 1 unspecified atom stereocenters. The van der Waals surface area contributed by atoms with Gasteiger partial charge in [0.25, 0.3) is 0 Å². The summed E-state index contributed by atoms with van der Waals surface area (Å²) in [6.07, 6.45) is -3.14. The average molecular weight is 285 g/mol. The Labute approximate surface area is 114 Å². The number of alkyl halides is 3. The molecule has 1 aromatic heterocycles. The zero-order valence-corrected chi connectivity index (χ0v) is 10.8. The van der Waals surface area contributed by atoms with Crippen molar-refractivity contribution in [2.75, 3.05) is 0 Å². The molecule has 0 radical (unpaired) electrons. The van der Waals surface area contributed by atoms with E-state index in [1.807, 2.05) is 0 Å². The highest BCUT2D eigenvalue weighted by atomic mass is 19.4. The molecular formula is C14H14F3NO2. The number of nitrogens with zero attached hydrogens (tertiary/aromatic N) is 1. The van der Waals surface area contributed by atoms with E-state index in [2.05, 4.69) is 5.16 Å². The van der Waals surface area contributed by atoms with Gasteiger partial charge in [0.2, 0.25) is 0 Å². The molecule has 108 valence electrons. The lowest BCUT2D eigenvalue weighted by molar-refractivity contribution is -0.137. The molecule has 0 spiro atoms. The Morgan fingerprint density at radius 2 is 2.10 bits per heavy atom. The van der Waals surface area contributed by atoms with Crippen LogP contribution in [0.1, 0.15) is 34.9 Å². The Bertz CT molecular complexity index is 578. The number of rotatable bonds is 4. The fraction of sp³-hybridized carbons (Fsp3) is 0.357. The van der Waals surface area contributed by atoms with Gasteiger partial charge in [-0.25, -0.2) is 0 Å². The van der Waals surface area contributed by atoms with E-state index in [1.165, 1.54) is 12.3 Å². The molecule has 0 bridgehead atoms. The third kappa shape index (κ3) is 3.39. The van der Waals surface area contributed by atoms with Crippen LogP contribution in [0.2, 0.25) is 0 Å². The van der Waals surface area contributed by atoms with Crippen LogP contribution in [0.15, 0.2) is 35.1 Å². The maximum Gasteiger partial charge on any atom is 0.416 e. The first-order valence-electron chi connectivity index (χ1n) is 6.13. The van der Waals surface area contributed by atoms with E-state index in [4.69, 9.17) is 4.52 Å². The van der Waals surface area contributed by atoms with Gasteiger partial charge >= 0.3 is 6.18 Å². The lowest BCUT2D eigenvalue weighted by Crippen LogP contribution is -2.06. The molecule has 20 heavy (non-hydrogen) atoms. The minimum atomic E-state index is -4.35. The molecule has 0 amide bonds. The topological polar surface area (TPSA) is 46.3 Å². The van der Waals surface area contributed by atoms with Gasteiger partial charge in [-0.15, -0.1) is 0 Å². The lowest BCUT2D eigenvalue weighted by Gasteiger charge is -2.11. The predicted molar refractivity (Wildman–Crippen MR) is 66.0 cm³/mol. The van der Waals surface area contributed by atoms with E-state index in [0.717, 1.165) is 12.1 Å². The van der Waals surface area contributed by atoms with E-state index in [1.54, 1.807) is 13.0 Å². The van der Waals surface area contributed by atoms with Gasteiger partial charge in [-0.2, -0.15) is 13.2 Å². The number of hydrogen-bond donors (Lipinski definition) is 1. The Kier molecular flexibility index (Phi) is 4.13. The second-order valence-electron chi connectivity index (χ2n) is 4.61. The first kappa shape index (κ1) is 14.6. The maximum atomic E-state index is 12.6. The summed E-state index contributed by atoms with van der Waals surface area (Å²) in [4.78, 5) is 0. The van der Waals surface area contributed by atoms with Crippen molar-refractivity contribution in [2.24, 2.45) is 0 Å². The summed E-state index contributed by atoms with van der Waals surface area (Å²) >= 11 is 0. The molecule has 1 aromatic carbocycles. The number of aromatic nitrogens is 1. The minimum Gasteiger partial charge on any atom is -0.388 e. The van der Waals surface area contributed by atoms with Crippen LogP contribution in [0.25, 0.3) is 0 Å². The smallest absolute Gasteiger partial charge is 0.388 e. The molecule has 2 aromatic rings.